The van der Waals surface area contributed by atoms with Crippen LogP contribution in [0.2, 0.25) is 0 Å². The van der Waals surface area contributed by atoms with Crippen LogP contribution in [0.25, 0.3) is 0 Å². The van der Waals surface area contributed by atoms with E-state index < -0.39 is 11.0 Å². The summed E-state index contributed by atoms with van der Waals surface area (Å²) in [5.74, 6) is 0. The lowest BCUT2D eigenvalue weighted by molar-refractivity contribution is 0.688. The highest BCUT2D eigenvalue weighted by Gasteiger charge is 1.66. The Hall–Kier alpha value is -0.180. The monoisotopic (exact) mass is 107 g/mol. The molecular formula is C3H9NOS. The Morgan fingerprint density at radius 3 is 2.00 bits per heavy atom. The molecule has 0 radical (unpaired) electrons. The van der Waals surface area contributed by atoms with Gasteiger partial charge in [-0.05, 0) is 0 Å². The van der Waals surface area contributed by atoms with E-state index in [-0.39, 0.29) is 7.43 Å². The normalized spacial score (nSPS) is 11.5. The fourth-order valence-electron chi connectivity index (χ4n) is 0. The molecule has 0 saturated heterocycles. The zero-order chi connectivity index (χ0) is 4.28. The van der Waals surface area contributed by atoms with Gasteiger partial charge in [0.15, 0.2) is 0 Å². The third kappa shape index (κ3) is 9.17. The van der Waals surface area contributed by atoms with Crippen LogP contribution in [0.5, 0.6) is 0 Å². The van der Waals surface area contributed by atoms with Crippen molar-refractivity contribution in [2.45, 2.75) is 7.43 Å². The first-order chi connectivity index (χ1) is 2.27. The Morgan fingerprint density at radius 1 is 1.83 bits per heavy atom. The van der Waals surface area contributed by atoms with E-state index in [1.54, 1.807) is 0 Å². The first kappa shape index (κ1) is 9.27. The predicted octanol–water partition coefficient (Wildman–Crippen LogP) is 0.617. The van der Waals surface area contributed by atoms with Gasteiger partial charge in [0.1, 0.15) is 11.0 Å². The highest BCUT2D eigenvalue weighted by atomic mass is 32.2. The summed E-state index contributed by atoms with van der Waals surface area (Å²) in [6.07, 6.45) is 1.47. The topological polar surface area (TPSA) is 29.4 Å². The lowest BCUT2D eigenvalue weighted by Gasteiger charge is -1.66. The molecule has 38 valence electrons. The smallest absolute Gasteiger partial charge is 0.135 e. The van der Waals surface area contributed by atoms with Gasteiger partial charge in [-0.1, -0.05) is 7.43 Å². The summed E-state index contributed by atoms with van der Waals surface area (Å²) in [7, 11) is -1.06. The van der Waals surface area contributed by atoms with E-state index in [1.807, 2.05) is 0 Å². The number of rotatable bonds is 1. The van der Waals surface area contributed by atoms with Crippen molar-refractivity contribution >= 4 is 17.7 Å². The molecule has 0 aliphatic heterocycles. The molecule has 0 aromatic heterocycles. The standard InChI is InChI=1S/C2H5NOS.CH4/c1-3-5(2)4;/h1H2,2H3;1H4. The molecule has 0 aliphatic rings. The van der Waals surface area contributed by atoms with Crippen molar-refractivity contribution in [1.29, 1.82) is 0 Å². The van der Waals surface area contributed by atoms with E-state index in [1.165, 1.54) is 6.26 Å². The quantitative estimate of drug-likeness (QED) is 0.451. The molecule has 0 aromatic rings. The Bertz CT molecular complexity index is 61.8. The van der Waals surface area contributed by atoms with Gasteiger partial charge in [0.25, 0.3) is 0 Å². The van der Waals surface area contributed by atoms with E-state index in [0.717, 1.165) is 0 Å². The number of hydrogen-bond donors (Lipinski definition) is 0. The van der Waals surface area contributed by atoms with Crippen LogP contribution in [0.15, 0.2) is 4.40 Å². The van der Waals surface area contributed by atoms with Crippen molar-refractivity contribution in [3.05, 3.63) is 0 Å². The van der Waals surface area contributed by atoms with Gasteiger partial charge in [0.05, 0.1) is 0 Å². The van der Waals surface area contributed by atoms with Gasteiger partial charge in [-0.3, -0.25) is 0 Å². The van der Waals surface area contributed by atoms with Crippen molar-refractivity contribution in [1.82, 2.24) is 0 Å². The average Bonchev–Trinajstić information content (AvgIpc) is 1.38. The molecule has 0 fully saturated rings. The van der Waals surface area contributed by atoms with E-state index in [9.17, 15) is 4.21 Å². The predicted molar refractivity (Wildman–Crippen MR) is 30.3 cm³/mol. The van der Waals surface area contributed by atoms with Crippen LogP contribution in [0.3, 0.4) is 0 Å². The molecule has 0 aromatic carbocycles. The summed E-state index contributed by atoms with van der Waals surface area (Å²) in [6, 6.07) is 0. The maximum absolute atomic E-state index is 9.69. The van der Waals surface area contributed by atoms with Gasteiger partial charge in [-0.2, -0.15) is 0 Å². The molecule has 0 bridgehead atoms. The van der Waals surface area contributed by atoms with Crippen LogP contribution in [0.4, 0.5) is 0 Å². The van der Waals surface area contributed by atoms with Crippen molar-refractivity contribution in [3.8, 4) is 0 Å². The Labute approximate surface area is 40.9 Å². The summed E-state index contributed by atoms with van der Waals surface area (Å²) < 4.78 is 12.8. The van der Waals surface area contributed by atoms with Crippen LogP contribution in [0, 0.1) is 0 Å². The van der Waals surface area contributed by atoms with Crippen molar-refractivity contribution in [3.63, 3.8) is 0 Å². The molecule has 6 heavy (non-hydrogen) atoms. The van der Waals surface area contributed by atoms with Gasteiger partial charge < -0.3 is 0 Å². The second-order valence-corrected chi connectivity index (χ2v) is 1.66. The van der Waals surface area contributed by atoms with Gasteiger partial charge >= 0.3 is 0 Å². The molecule has 0 heterocycles. The van der Waals surface area contributed by atoms with E-state index in [0.29, 0.717) is 0 Å². The van der Waals surface area contributed by atoms with E-state index in [2.05, 4.69) is 11.1 Å². The van der Waals surface area contributed by atoms with Crippen molar-refractivity contribution < 1.29 is 4.21 Å². The zero-order valence-electron chi connectivity index (χ0n) is 2.97. The third-order valence-electron chi connectivity index (χ3n) is 0.182. The Morgan fingerprint density at radius 2 is 2.00 bits per heavy atom. The minimum atomic E-state index is -1.06. The van der Waals surface area contributed by atoms with Gasteiger partial charge in [-0.25, -0.2) is 8.61 Å². The van der Waals surface area contributed by atoms with E-state index in [4.69, 9.17) is 0 Å². The number of nitrogens with zero attached hydrogens (tertiary/aromatic N) is 1. The minimum Gasteiger partial charge on any atom is -0.235 e. The summed E-state index contributed by atoms with van der Waals surface area (Å²) in [5.41, 5.74) is 0. The third-order valence-corrected chi connectivity index (χ3v) is 0.545. The summed E-state index contributed by atoms with van der Waals surface area (Å²) in [5, 5.41) is 0. The van der Waals surface area contributed by atoms with Crippen LogP contribution in [-0.2, 0) is 11.0 Å². The lowest BCUT2D eigenvalue weighted by Crippen LogP contribution is -1.69. The van der Waals surface area contributed by atoms with Gasteiger partial charge in [0, 0.05) is 13.0 Å². The fourth-order valence-corrected chi connectivity index (χ4v) is 0. The van der Waals surface area contributed by atoms with Crippen LogP contribution in [-0.4, -0.2) is 17.2 Å². The molecular weight excluding hydrogens is 98.1 g/mol. The van der Waals surface area contributed by atoms with Crippen molar-refractivity contribution in [2.75, 3.05) is 6.26 Å². The van der Waals surface area contributed by atoms with Crippen LogP contribution >= 0.6 is 0 Å². The van der Waals surface area contributed by atoms with Crippen LogP contribution < -0.4 is 0 Å². The van der Waals surface area contributed by atoms with Crippen LogP contribution in [0.1, 0.15) is 7.43 Å². The summed E-state index contributed by atoms with van der Waals surface area (Å²) >= 11 is 0. The first-order valence-corrected chi connectivity index (χ1v) is 2.59. The molecule has 0 N–H and O–H groups in total. The molecule has 3 heteroatoms. The van der Waals surface area contributed by atoms with Crippen molar-refractivity contribution in [2.24, 2.45) is 4.40 Å². The molecule has 0 amide bonds. The summed E-state index contributed by atoms with van der Waals surface area (Å²) in [4.78, 5) is 0. The first-order valence-electron chi connectivity index (χ1n) is 1.07. The van der Waals surface area contributed by atoms with E-state index >= 15 is 0 Å². The minimum absolute atomic E-state index is 0. The fraction of sp³-hybridized carbons (Fsp3) is 0.667. The Kier molecular flexibility index (Phi) is 7.44. The number of hydrogen-bond acceptors (Lipinski definition) is 1. The second-order valence-electron chi connectivity index (χ2n) is 0.553. The molecule has 1 unspecified atom stereocenters. The molecule has 0 rings (SSSR count). The molecule has 2 nitrogen and oxygen atoms in total. The molecule has 0 saturated carbocycles. The maximum Gasteiger partial charge on any atom is 0.135 e. The average molecular weight is 107 g/mol. The summed E-state index contributed by atoms with van der Waals surface area (Å²) in [6.45, 7) is 3.01. The second kappa shape index (κ2) is 4.82. The highest BCUT2D eigenvalue weighted by molar-refractivity contribution is 7.82. The van der Waals surface area contributed by atoms with Gasteiger partial charge in [0.2, 0.25) is 0 Å². The van der Waals surface area contributed by atoms with Gasteiger partial charge in [-0.15, -0.1) is 0 Å². The molecule has 0 spiro atoms. The lowest BCUT2D eigenvalue weighted by atomic mass is 11.8. The largest absolute Gasteiger partial charge is 0.235 e. The zero-order valence-corrected chi connectivity index (χ0v) is 3.79. The molecule has 1 atom stereocenters. The molecule has 0 aliphatic carbocycles. The Balaban J connectivity index is 0. The SMILES string of the molecule is C.C=NS(C)=O. The maximum atomic E-state index is 9.69. The highest BCUT2D eigenvalue weighted by Crippen LogP contribution is 1.64.